The lowest BCUT2D eigenvalue weighted by Crippen LogP contribution is -2.14. The number of hydrogen-bond donors (Lipinski definition) is 1. The van der Waals surface area contributed by atoms with Gasteiger partial charge in [-0.3, -0.25) is 19.6 Å². The molecule has 3 rings (SSSR count). The highest BCUT2D eigenvalue weighted by Crippen LogP contribution is 2.34. The Hall–Kier alpha value is -3.89. The van der Waals surface area contributed by atoms with Gasteiger partial charge in [-0.1, -0.05) is 6.07 Å². The molecule has 1 aromatic heterocycles. The monoisotopic (exact) mass is 448 g/mol. The number of amides is 1. The summed E-state index contributed by atoms with van der Waals surface area (Å²) in [5.74, 6) is -0.787. The highest BCUT2D eigenvalue weighted by atomic mass is 19.4. The second-order valence-corrected chi connectivity index (χ2v) is 6.92. The summed E-state index contributed by atoms with van der Waals surface area (Å²) in [5.41, 5.74) is 0.185. The molecule has 0 aliphatic rings. The Kier molecular flexibility index (Phi) is 6.19. The number of alkyl halides is 3. The Balaban J connectivity index is 1.93. The number of nitrogens with one attached hydrogen (secondary N) is 1. The lowest BCUT2D eigenvalue weighted by atomic mass is 10.1. The number of carbonyl (C=O) groups is 1. The number of halogens is 3. The van der Waals surface area contributed by atoms with Crippen LogP contribution >= 0.6 is 0 Å². The lowest BCUT2D eigenvalue weighted by molar-refractivity contribution is -0.384. The number of rotatable bonds is 6. The summed E-state index contributed by atoms with van der Waals surface area (Å²) in [5, 5.41) is 18.2. The predicted molar refractivity (Wildman–Crippen MR) is 110 cm³/mol. The molecule has 32 heavy (non-hydrogen) atoms. The van der Waals surface area contributed by atoms with Gasteiger partial charge < -0.3 is 10.1 Å². The molecule has 3 aromatic rings. The summed E-state index contributed by atoms with van der Waals surface area (Å²) in [7, 11) is 0. The van der Waals surface area contributed by atoms with Crippen LogP contribution in [0.5, 0.6) is 11.5 Å². The Labute approximate surface area is 180 Å². The molecule has 11 heteroatoms. The largest absolute Gasteiger partial charge is 0.457 e. The van der Waals surface area contributed by atoms with Crippen LogP contribution in [0.1, 0.15) is 34.2 Å². The molecule has 1 N–H and O–H groups in total. The number of aromatic nitrogens is 2. The fourth-order valence-corrected chi connectivity index (χ4v) is 3.22. The normalized spacial score (nSPS) is 11.3. The van der Waals surface area contributed by atoms with Crippen molar-refractivity contribution in [3.05, 3.63) is 75.1 Å². The topological polar surface area (TPSA) is 99.3 Å². The second-order valence-electron chi connectivity index (χ2n) is 6.92. The first kappa shape index (κ1) is 22.8. The minimum Gasteiger partial charge on any atom is -0.457 e. The van der Waals surface area contributed by atoms with Crippen LogP contribution in [-0.4, -0.2) is 20.6 Å². The lowest BCUT2D eigenvalue weighted by Gasteiger charge is -2.12. The number of nitro benzene ring substituents is 1. The standard InChI is InChI=1S/C21H19F3N4O4/c1-4-27-13(3)19(12(2)26-27)20(29)25-15-9-16(28(30)31)11-18(10-15)32-17-7-5-6-14(8-17)21(22,23)24/h5-11H,4H2,1-3H3,(H,25,29). The highest BCUT2D eigenvalue weighted by molar-refractivity contribution is 6.06. The fraction of sp³-hybridized carbons (Fsp3) is 0.238. The molecule has 0 saturated carbocycles. The number of hydrogen-bond acceptors (Lipinski definition) is 5. The summed E-state index contributed by atoms with van der Waals surface area (Å²) in [6.07, 6.45) is -4.57. The Morgan fingerprint density at radius 1 is 1.19 bits per heavy atom. The van der Waals surface area contributed by atoms with E-state index < -0.39 is 28.3 Å². The summed E-state index contributed by atoms with van der Waals surface area (Å²) in [4.78, 5) is 23.4. The van der Waals surface area contributed by atoms with Crippen LogP contribution in [0.2, 0.25) is 0 Å². The number of nitrogens with zero attached hydrogens (tertiary/aromatic N) is 3. The number of carbonyl (C=O) groups excluding carboxylic acids is 1. The van der Waals surface area contributed by atoms with E-state index in [4.69, 9.17) is 4.74 Å². The maximum atomic E-state index is 12.9. The maximum absolute atomic E-state index is 12.9. The van der Waals surface area contributed by atoms with Crippen molar-refractivity contribution in [2.24, 2.45) is 0 Å². The number of ether oxygens (including phenoxy) is 1. The fourth-order valence-electron chi connectivity index (χ4n) is 3.22. The van der Waals surface area contributed by atoms with Crippen LogP contribution in [-0.2, 0) is 12.7 Å². The zero-order valence-corrected chi connectivity index (χ0v) is 17.4. The number of non-ortho nitro benzene ring substituents is 1. The third-order valence-electron chi connectivity index (χ3n) is 4.67. The molecule has 2 aromatic carbocycles. The highest BCUT2D eigenvalue weighted by Gasteiger charge is 2.30. The van der Waals surface area contributed by atoms with Gasteiger partial charge in [0.1, 0.15) is 11.5 Å². The first-order chi connectivity index (χ1) is 15.0. The van der Waals surface area contributed by atoms with E-state index in [1.54, 1.807) is 18.5 Å². The van der Waals surface area contributed by atoms with E-state index >= 15 is 0 Å². The predicted octanol–water partition coefficient (Wildman–Crippen LogP) is 5.49. The molecule has 8 nitrogen and oxygen atoms in total. The van der Waals surface area contributed by atoms with E-state index in [0.29, 0.717) is 23.5 Å². The van der Waals surface area contributed by atoms with Crippen molar-refractivity contribution in [3.63, 3.8) is 0 Å². The minimum absolute atomic E-state index is 0.0502. The maximum Gasteiger partial charge on any atom is 0.416 e. The van der Waals surface area contributed by atoms with E-state index in [-0.39, 0.29) is 17.2 Å². The third-order valence-corrected chi connectivity index (χ3v) is 4.67. The first-order valence-corrected chi connectivity index (χ1v) is 9.49. The molecule has 0 atom stereocenters. The van der Waals surface area contributed by atoms with Gasteiger partial charge in [0.25, 0.3) is 11.6 Å². The van der Waals surface area contributed by atoms with Crippen molar-refractivity contribution in [2.45, 2.75) is 33.5 Å². The van der Waals surface area contributed by atoms with Crippen molar-refractivity contribution in [1.29, 1.82) is 0 Å². The van der Waals surface area contributed by atoms with E-state index in [2.05, 4.69) is 10.4 Å². The van der Waals surface area contributed by atoms with Gasteiger partial charge in [-0.15, -0.1) is 0 Å². The van der Waals surface area contributed by atoms with Gasteiger partial charge in [-0.2, -0.15) is 18.3 Å². The van der Waals surface area contributed by atoms with Gasteiger partial charge in [0.05, 0.1) is 33.5 Å². The zero-order chi connectivity index (χ0) is 23.6. The number of benzene rings is 2. The smallest absolute Gasteiger partial charge is 0.416 e. The number of aryl methyl sites for hydroxylation is 2. The minimum atomic E-state index is -4.57. The summed E-state index contributed by atoms with van der Waals surface area (Å²) in [6.45, 7) is 5.84. The molecular formula is C21H19F3N4O4. The number of anilines is 1. The molecule has 0 unspecified atom stereocenters. The Morgan fingerprint density at radius 2 is 1.91 bits per heavy atom. The van der Waals surface area contributed by atoms with E-state index in [1.165, 1.54) is 12.1 Å². The molecule has 0 fully saturated rings. The van der Waals surface area contributed by atoms with Crippen molar-refractivity contribution >= 4 is 17.3 Å². The average molecular weight is 448 g/mol. The summed E-state index contributed by atoms with van der Waals surface area (Å²) in [6, 6.07) is 7.59. The Bertz CT molecular complexity index is 1190. The van der Waals surface area contributed by atoms with E-state index in [0.717, 1.165) is 30.3 Å². The van der Waals surface area contributed by atoms with Crippen molar-refractivity contribution < 1.29 is 27.6 Å². The molecule has 168 valence electrons. The molecule has 0 aliphatic heterocycles. The zero-order valence-electron chi connectivity index (χ0n) is 17.4. The van der Waals surface area contributed by atoms with Gasteiger partial charge in [0.2, 0.25) is 0 Å². The van der Waals surface area contributed by atoms with Gasteiger partial charge in [0.15, 0.2) is 0 Å². The molecule has 0 radical (unpaired) electrons. The molecule has 1 heterocycles. The van der Waals surface area contributed by atoms with E-state index in [9.17, 15) is 28.1 Å². The van der Waals surface area contributed by atoms with Gasteiger partial charge in [0, 0.05) is 24.4 Å². The van der Waals surface area contributed by atoms with Crippen molar-refractivity contribution in [3.8, 4) is 11.5 Å². The van der Waals surface area contributed by atoms with Crippen LogP contribution in [0.15, 0.2) is 42.5 Å². The molecular weight excluding hydrogens is 429 g/mol. The van der Waals surface area contributed by atoms with Crippen LogP contribution in [0.3, 0.4) is 0 Å². The van der Waals surface area contributed by atoms with Crippen LogP contribution in [0.25, 0.3) is 0 Å². The first-order valence-electron chi connectivity index (χ1n) is 9.49. The molecule has 0 saturated heterocycles. The third kappa shape index (κ3) is 4.88. The van der Waals surface area contributed by atoms with Crippen LogP contribution < -0.4 is 10.1 Å². The second kappa shape index (κ2) is 8.69. The van der Waals surface area contributed by atoms with Crippen molar-refractivity contribution in [1.82, 2.24) is 9.78 Å². The van der Waals surface area contributed by atoms with Crippen molar-refractivity contribution in [2.75, 3.05) is 5.32 Å². The van der Waals surface area contributed by atoms with Gasteiger partial charge in [-0.25, -0.2) is 0 Å². The van der Waals surface area contributed by atoms with Gasteiger partial charge in [-0.05, 0) is 39.0 Å². The van der Waals surface area contributed by atoms with Gasteiger partial charge >= 0.3 is 6.18 Å². The van der Waals surface area contributed by atoms with Crippen LogP contribution in [0, 0.1) is 24.0 Å². The average Bonchev–Trinajstić information content (AvgIpc) is 3.00. The quantitative estimate of drug-likeness (QED) is 0.397. The molecule has 0 spiro atoms. The summed E-state index contributed by atoms with van der Waals surface area (Å²) < 4.78 is 45.9. The Morgan fingerprint density at radius 3 is 2.50 bits per heavy atom. The summed E-state index contributed by atoms with van der Waals surface area (Å²) >= 11 is 0. The molecule has 1 amide bonds. The SMILES string of the molecule is CCn1nc(C)c(C(=O)Nc2cc(Oc3cccc(C(F)(F)F)c3)cc([N+](=O)[O-])c2)c1C. The molecule has 0 bridgehead atoms. The molecule has 0 aliphatic carbocycles. The van der Waals surface area contributed by atoms with E-state index in [1.807, 2.05) is 6.92 Å². The van der Waals surface area contributed by atoms with Crippen LogP contribution in [0.4, 0.5) is 24.5 Å². The number of nitro groups is 1.